The number of phenolic OH excluding ortho intramolecular Hbond substituents is 3. The third-order valence-corrected chi connectivity index (χ3v) is 12.8. The summed E-state index contributed by atoms with van der Waals surface area (Å²) in [5.74, 6) is -5.94. The first-order valence-corrected chi connectivity index (χ1v) is 20.3. The van der Waals surface area contributed by atoms with Crippen LogP contribution < -0.4 is 0 Å². The highest BCUT2D eigenvalue weighted by atomic mass is 16.7. The molecular formula is C42H55NO17. The summed E-state index contributed by atoms with van der Waals surface area (Å²) in [5, 5.41) is 76.8. The van der Waals surface area contributed by atoms with E-state index in [-0.39, 0.29) is 54.8 Å². The van der Waals surface area contributed by atoms with Gasteiger partial charge in [0, 0.05) is 42.9 Å². The van der Waals surface area contributed by atoms with Crippen molar-refractivity contribution in [3.05, 3.63) is 51.6 Å². The zero-order valence-corrected chi connectivity index (χ0v) is 34.5. The molecule has 7 rings (SSSR count). The van der Waals surface area contributed by atoms with Gasteiger partial charge in [0.25, 0.3) is 0 Å². The van der Waals surface area contributed by atoms with Crippen LogP contribution in [-0.4, -0.2) is 159 Å². The summed E-state index contributed by atoms with van der Waals surface area (Å²) in [5.41, 5.74) is -3.64. The number of esters is 1. The molecule has 15 atom stereocenters. The average molecular weight is 846 g/mol. The van der Waals surface area contributed by atoms with Gasteiger partial charge in [0.15, 0.2) is 24.7 Å². The molecule has 3 saturated heterocycles. The maximum absolute atomic E-state index is 14.0. The van der Waals surface area contributed by atoms with Gasteiger partial charge in [0.2, 0.25) is 5.78 Å². The molecule has 7 N–H and O–H groups in total. The van der Waals surface area contributed by atoms with E-state index in [0.717, 1.165) is 19.2 Å². The summed E-state index contributed by atoms with van der Waals surface area (Å²) in [7, 11) is 4.82. The fraction of sp³-hybridized carbons (Fsp3) is 0.643. The SMILES string of the molecule is CC[C@@]1(O)CC(OC2CC(N(C)C)C(OC3CC(O)C(OC4CC(O)C(O)C(C)O4)C(C)O3)C(C)O2)c2c(cc3c(c2O)C(=O)c2c(O)ccc(O)c2C3=O)C1C(=O)OC. The van der Waals surface area contributed by atoms with Crippen LogP contribution in [0.25, 0.3) is 0 Å². The topological polar surface area (TPSA) is 261 Å². The van der Waals surface area contributed by atoms with Gasteiger partial charge in [0.05, 0.1) is 66.0 Å². The minimum absolute atomic E-state index is 0.0140. The Balaban J connectivity index is 1.14. The smallest absolute Gasteiger partial charge is 0.316 e. The molecule has 5 aliphatic rings. The van der Waals surface area contributed by atoms with Gasteiger partial charge in [-0.25, -0.2) is 0 Å². The lowest BCUT2D eigenvalue weighted by atomic mass is 9.67. The number of methoxy groups -OCH3 is 1. The first-order chi connectivity index (χ1) is 28.3. The van der Waals surface area contributed by atoms with E-state index < -0.39 is 137 Å². The maximum atomic E-state index is 14.0. The molecule has 0 radical (unpaired) electrons. The second kappa shape index (κ2) is 16.8. The Kier molecular flexibility index (Phi) is 12.4. The fourth-order valence-electron chi connectivity index (χ4n) is 9.51. The van der Waals surface area contributed by atoms with Crippen molar-refractivity contribution in [3.63, 3.8) is 0 Å². The highest BCUT2D eigenvalue weighted by Crippen LogP contribution is 2.54. The van der Waals surface area contributed by atoms with Crippen LogP contribution in [-0.2, 0) is 38.0 Å². The van der Waals surface area contributed by atoms with Crippen LogP contribution in [0.15, 0.2) is 18.2 Å². The standard InChI is InChI=1S/C42H55NO17/c1-8-42(53)15-26(30-19(34(42)41(52)54-7)11-20-31(37(30)50)38(51)33-23(45)10-9-22(44)32(33)36(20)49)58-27-12-21(43(5)6)39(17(3)56-27)59-29-14-25(47)40(18(4)57-29)60-28-13-24(46)35(48)16(2)55-28/h9-11,16-18,21,24-29,34-35,39-40,44-48,50,53H,8,12-15H2,1-7H3/t16?,17?,18?,21?,24?,25?,26?,27?,28?,29?,34?,35?,39?,40?,42-/m1/s1. The zero-order valence-electron chi connectivity index (χ0n) is 34.5. The summed E-state index contributed by atoms with van der Waals surface area (Å²) >= 11 is 0. The Morgan fingerprint density at radius 1 is 0.800 bits per heavy atom. The largest absolute Gasteiger partial charge is 0.507 e. The molecule has 2 aromatic rings. The Morgan fingerprint density at radius 3 is 1.92 bits per heavy atom. The third-order valence-electron chi connectivity index (χ3n) is 12.8. The van der Waals surface area contributed by atoms with Gasteiger partial charge in [-0.1, -0.05) is 6.92 Å². The van der Waals surface area contributed by atoms with Gasteiger partial charge in [-0.2, -0.15) is 0 Å². The van der Waals surface area contributed by atoms with Crippen molar-refractivity contribution in [2.24, 2.45) is 0 Å². The first kappa shape index (κ1) is 44.3. The molecule has 2 aromatic carbocycles. The molecule has 3 heterocycles. The Hall–Kier alpha value is -3.79. The van der Waals surface area contributed by atoms with Gasteiger partial charge in [-0.3, -0.25) is 14.4 Å². The van der Waals surface area contributed by atoms with Crippen LogP contribution in [0.5, 0.6) is 17.2 Å². The number of likely N-dealkylation sites (N-methyl/N-ethyl adjacent to an activating group) is 1. The summed E-state index contributed by atoms with van der Waals surface area (Å²) in [6.07, 6.45) is -10.5. The second-order valence-electron chi connectivity index (χ2n) is 16.8. The van der Waals surface area contributed by atoms with Gasteiger partial charge < -0.3 is 73.8 Å². The van der Waals surface area contributed by atoms with E-state index in [9.17, 15) is 50.1 Å². The molecule has 60 heavy (non-hydrogen) atoms. The van der Waals surface area contributed by atoms with Crippen molar-refractivity contribution in [2.45, 2.75) is 151 Å². The van der Waals surface area contributed by atoms with E-state index in [1.165, 1.54) is 6.07 Å². The Morgan fingerprint density at radius 2 is 1.35 bits per heavy atom. The molecule has 2 aliphatic carbocycles. The molecule has 0 amide bonds. The number of hydrogen-bond acceptors (Lipinski definition) is 18. The number of ketones is 2. The van der Waals surface area contributed by atoms with Crippen LogP contribution in [0, 0.1) is 0 Å². The predicted octanol–water partition coefficient (Wildman–Crippen LogP) is 1.63. The van der Waals surface area contributed by atoms with Gasteiger partial charge in [-0.15, -0.1) is 0 Å². The number of rotatable bonds is 9. The van der Waals surface area contributed by atoms with Crippen molar-refractivity contribution in [3.8, 4) is 17.2 Å². The zero-order chi connectivity index (χ0) is 43.7. The van der Waals surface area contributed by atoms with E-state index >= 15 is 0 Å². The van der Waals surface area contributed by atoms with E-state index in [0.29, 0.717) is 0 Å². The second-order valence-corrected chi connectivity index (χ2v) is 16.8. The number of carbonyl (C=O) groups excluding carboxylic acids is 3. The number of aliphatic hydroxyl groups is 4. The van der Waals surface area contributed by atoms with Crippen molar-refractivity contribution >= 4 is 17.5 Å². The number of benzene rings is 2. The summed E-state index contributed by atoms with van der Waals surface area (Å²) in [6.45, 7) is 6.77. The molecule has 0 bridgehead atoms. The fourth-order valence-corrected chi connectivity index (χ4v) is 9.51. The van der Waals surface area contributed by atoms with Crippen molar-refractivity contribution in [1.82, 2.24) is 4.90 Å². The lowest BCUT2D eigenvalue weighted by molar-refractivity contribution is -0.332. The number of hydrogen-bond donors (Lipinski definition) is 7. The molecule has 14 unspecified atom stereocenters. The van der Waals surface area contributed by atoms with Crippen LogP contribution in [0.1, 0.15) is 115 Å². The molecule has 3 fully saturated rings. The van der Waals surface area contributed by atoms with E-state index in [4.69, 9.17) is 33.2 Å². The van der Waals surface area contributed by atoms with E-state index in [1.54, 1.807) is 27.7 Å². The number of fused-ring (bicyclic) bond motifs is 3. The number of aliphatic hydroxyl groups excluding tert-OH is 3. The number of carbonyl (C=O) groups is 3. The van der Waals surface area contributed by atoms with E-state index in [1.807, 2.05) is 19.0 Å². The van der Waals surface area contributed by atoms with Crippen LogP contribution in [0.2, 0.25) is 0 Å². The van der Waals surface area contributed by atoms with Crippen molar-refractivity contribution in [1.29, 1.82) is 0 Å². The normalized spacial score (nSPS) is 37.9. The van der Waals surface area contributed by atoms with Crippen molar-refractivity contribution < 1.29 is 83.3 Å². The molecule has 0 spiro atoms. The molecule has 18 nitrogen and oxygen atoms in total. The minimum atomic E-state index is -1.82. The minimum Gasteiger partial charge on any atom is -0.507 e. The molecular weight excluding hydrogens is 790 g/mol. The van der Waals surface area contributed by atoms with Gasteiger partial charge in [0.1, 0.15) is 41.5 Å². The Labute approximate surface area is 346 Å². The van der Waals surface area contributed by atoms with Gasteiger partial charge in [-0.05, 0) is 65.0 Å². The van der Waals surface area contributed by atoms with Crippen molar-refractivity contribution in [2.75, 3.05) is 21.2 Å². The van der Waals surface area contributed by atoms with Gasteiger partial charge >= 0.3 is 5.97 Å². The first-order valence-electron chi connectivity index (χ1n) is 20.3. The average Bonchev–Trinajstić information content (AvgIpc) is 3.18. The van der Waals surface area contributed by atoms with Crippen LogP contribution >= 0.6 is 0 Å². The molecule has 0 saturated carbocycles. The number of phenols is 3. The Bertz CT molecular complexity index is 1970. The van der Waals surface area contributed by atoms with Crippen LogP contribution in [0.4, 0.5) is 0 Å². The van der Waals surface area contributed by atoms with E-state index in [2.05, 4.69) is 0 Å². The summed E-state index contributed by atoms with van der Waals surface area (Å²) < 4.78 is 42.5. The number of ether oxygens (including phenoxy) is 7. The van der Waals surface area contributed by atoms with Crippen LogP contribution in [0.3, 0.4) is 0 Å². The highest BCUT2D eigenvalue weighted by Gasteiger charge is 2.54. The summed E-state index contributed by atoms with van der Waals surface area (Å²) in [6, 6.07) is 2.97. The number of nitrogens with zero attached hydrogens (tertiary/aromatic N) is 1. The molecule has 330 valence electrons. The molecule has 0 aromatic heterocycles. The highest BCUT2D eigenvalue weighted by molar-refractivity contribution is 6.31. The molecule has 3 aliphatic heterocycles. The third kappa shape index (κ3) is 7.70. The predicted molar refractivity (Wildman–Crippen MR) is 205 cm³/mol. The maximum Gasteiger partial charge on any atom is 0.316 e. The summed E-state index contributed by atoms with van der Waals surface area (Å²) in [4.78, 5) is 43.2. The monoisotopic (exact) mass is 845 g/mol. The quantitative estimate of drug-likeness (QED) is 0.119. The lowest BCUT2D eigenvalue weighted by Crippen LogP contribution is -2.58. The number of aromatic hydroxyl groups is 3. The lowest BCUT2D eigenvalue weighted by Gasteiger charge is -2.48. The molecule has 18 heteroatoms.